The quantitative estimate of drug-likeness (QED) is 0.849. The van der Waals surface area contributed by atoms with E-state index in [0.29, 0.717) is 0 Å². The van der Waals surface area contributed by atoms with Gasteiger partial charge in [0.1, 0.15) is 5.75 Å². The lowest BCUT2D eigenvalue weighted by Gasteiger charge is -2.37. The molecule has 6 nitrogen and oxygen atoms in total. The minimum atomic E-state index is -0.0797. The number of piperazine rings is 1. The van der Waals surface area contributed by atoms with Gasteiger partial charge in [0.05, 0.1) is 18.8 Å². The number of nitrogens with zero attached hydrogens (tertiary/aromatic N) is 3. The van der Waals surface area contributed by atoms with Gasteiger partial charge in [-0.05, 0) is 34.6 Å². The molecule has 25 heavy (non-hydrogen) atoms. The van der Waals surface area contributed by atoms with Crippen LogP contribution in [0.4, 0.5) is 0 Å². The molecule has 1 amide bonds. The largest absolute Gasteiger partial charge is 0.496 e. The SMILES string of the molecule is COc1c(C)cnc(CN2CCN([C@H](C)C(=O)NC(C)C)CC2)c1C. The van der Waals surface area contributed by atoms with E-state index in [0.717, 1.165) is 55.3 Å². The van der Waals surface area contributed by atoms with Gasteiger partial charge in [0.2, 0.25) is 5.91 Å². The first-order valence-electron chi connectivity index (χ1n) is 9.09. The van der Waals surface area contributed by atoms with Crippen LogP contribution in [0.15, 0.2) is 6.20 Å². The zero-order valence-corrected chi connectivity index (χ0v) is 16.4. The fourth-order valence-electron chi connectivity index (χ4n) is 3.32. The summed E-state index contributed by atoms with van der Waals surface area (Å²) in [5.74, 6) is 1.05. The van der Waals surface area contributed by atoms with Crippen LogP contribution in [0.25, 0.3) is 0 Å². The van der Waals surface area contributed by atoms with Crippen LogP contribution in [0.2, 0.25) is 0 Å². The number of hydrogen-bond acceptors (Lipinski definition) is 5. The summed E-state index contributed by atoms with van der Waals surface area (Å²) in [5, 5.41) is 3.00. The summed E-state index contributed by atoms with van der Waals surface area (Å²) in [6, 6.07) is 0.102. The highest BCUT2D eigenvalue weighted by Crippen LogP contribution is 2.25. The Balaban J connectivity index is 1.92. The van der Waals surface area contributed by atoms with E-state index < -0.39 is 0 Å². The van der Waals surface area contributed by atoms with Crippen LogP contribution in [0, 0.1) is 13.8 Å². The first-order chi connectivity index (χ1) is 11.8. The highest BCUT2D eigenvalue weighted by molar-refractivity contribution is 5.81. The summed E-state index contributed by atoms with van der Waals surface area (Å²) in [4.78, 5) is 21.4. The van der Waals surface area contributed by atoms with E-state index >= 15 is 0 Å². The first kappa shape index (κ1) is 19.7. The molecule has 1 fully saturated rings. The minimum absolute atomic E-state index is 0.0797. The third kappa shape index (κ3) is 4.92. The zero-order valence-electron chi connectivity index (χ0n) is 16.4. The molecule has 0 aromatic carbocycles. The normalized spacial score (nSPS) is 17.6. The lowest BCUT2D eigenvalue weighted by atomic mass is 10.1. The average molecular weight is 348 g/mol. The van der Waals surface area contributed by atoms with E-state index in [2.05, 4.69) is 27.0 Å². The van der Waals surface area contributed by atoms with Crippen LogP contribution in [-0.2, 0) is 11.3 Å². The molecule has 0 saturated carbocycles. The molecule has 0 unspecified atom stereocenters. The van der Waals surface area contributed by atoms with Gasteiger partial charge < -0.3 is 10.1 Å². The number of aromatic nitrogens is 1. The van der Waals surface area contributed by atoms with Gasteiger partial charge in [-0.2, -0.15) is 0 Å². The molecule has 2 rings (SSSR count). The van der Waals surface area contributed by atoms with Crippen LogP contribution in [0.3, 0.4) is 0 Å². The second kappa shape index (κ2) is 8.63. The maximum atomic E-state index is 12.2. The van der Waals surface area contributed by atoms with Crippen molar-refractivity contribution in [3.05, 3.63) is 23.0 Å². The predicted octanol–water partition coefficient (Wildman–Crippen LogP) is 1.74. The number of carbonyl (C=O) groups is 1. The number of methoxy groups -OCH3 is 1. The van der Waals surface area contributed by atoms with Crippen molar-refractivity contribution in [2.75, 3.05) is 33.3 Å². The van der Waals surface area contributed by atoms with E-state index in [1.54, 1.807) is 7.11 Å². The van der Waals surface area contributed by atoms with E-state index in [9.17, 15) is 4.79 Å². The van der Waals surface area contributed by atoms with Crippen LogP contribution in [0.5, 0.6) is 5.75 Å². The molecule has 1 aromatic heterocycles. The molecule has 1 aliphatic heterocycles. The molecule has 0 bridgehead atoms. The molecule has 6 heteroatoms. The minimum Gasteiger partial charge on any atom is -0.496 e. The van der Waals surface area contributed by atoms with Crippen molar-refractivity contribution in [3.63, 3.8) is 0 Å². The molecule has 1 aromatic rings. The van der Waals surface area contributed by atoms with Crippen molar-refractivity contribution < 1.29 is 9.53 Å². The van der Waals surface area contributed by atoms with Gasteiger partial charge in [-0.25, -0.2) is 0 Å². The van der Waals surface area contributed by atoms with Crippen molar-refractivity contribution in [1.82, 2.24) is 20.1 Å². The monoisotopic (exact) mass is 348 g/mol. The zero-order chi connectivity index (χ0) is 18.6. The van der Waals surface area contributed by atoms with Crippen LogP contribution >= 0.6 is 0 Å². The van der Waals surface area contributed by atoms with Crippen LogP contribution in [0.1, 0.15) is 37.6 Å². The average Bonchev–Trinajstić information content (AvgIpc) is 2.57. The van der Waals surface area contributed by atoms with Gasteiger partial charge in [-0.3, -0.25) is 19.6 Å². The number of ether oxygens (including phenoxy) is 1. The Morgan fingerprint density at radius 3 is 2.44 bits per heavy atom. The van der Waals surface area contributed by atoms with Gasteiger partial charge in [0.15, 0.2) is 0 Å². The molecule has 0 radical (unpaired) electrons. The Labute approximate surface area is 151 Å². The summed E-state index contributed by atoms with van der Waals surface area (Å²) in [6.07, 6.45) is 1.88. The molecule has 1 atom stereocenters. The van der Waals surface area contributed by atoms with Gasteiger partial charge in [0, 0.05) is 56.1 Å². The van der Waals surface area contributed by atoms with Gasteiger partial charge in [0.25, 0.3) is 0 Å². The lowest BCUT2D eigenvalue weighted by molar-refractivity contribution is -0.127. The second-order valence-corrected chi connectivity index (χ2v) is 7.20. The Hall–Kier alpha value is -1.66. The number of nitrogens with one attached hydrogen (secondary N) is 1. The second-order valence-electron chi connectivity index (χ2n) is 7.20. The van der Waals surface area contributed by atoms with Crippen molar-refractivity contribution in [1.29, 1.82) is 0 Å². The smallest absolute Gasteiger partial charge is 0.237 e. The molecule has 1 aliphatic rings. The number of amides is 1. The van der Waals surface area contributed by atoms with Crippen molar-refractivity contribution in [3.8, 4) is 5.75 Å². The van der Waals surface area contributed by atoms with E-state index in [1.807, 2.05) is 33.9 Å². The van der Waals surface area contributed by atoms with E-state index in [1.165, 1.54) is 0 Å². The van der Waals surface area contributed by atoms with Crippen molar-refractivity contribution >= 4 is 5.91 Å². The molecule has 2 heterocycles. The predicted molar refractivity (Wildman–Crippen MR) is 99.9 cm³/mol. The van der Waals surface area contributed by atoms with Crippen molar-refractivity contribution in [2.45, 2.75) is 53.2 Å². The fraction of sp³-hybridized carbons (Fsp3) is 0.684. The standard InChI is InChI=1S/C19H32N4O2/c1-13(2)21-19(24)16(5)23-9-7-22(8-10-23)12-17-15(4)18(25-6)14(3)11-20-17/h11,13,16H,7-10,12H2,1-6H3,(H,21,24)/t16-/m1/s1. The number of carbonyl (C=O) groups excluding carboxylic acids is 1. The Kier molecular flexibility index (Phi) is 6.79. The van der Waals surface area contributed by atoms with Gasteiger partial charge >= 0.3 is 0 Å². The fourth-order valence-corrected chi connectivity index (χ4v) is 3.32. The third-order valence-corrected chi connectivity index (χ3v) is 4.89. The number of aryl methyl sites for hydroxylation is 1. The molecule has 1 N–H and O–H groups in total. The Morgan fingerprint density at radius 2 is 1.88 bits per heavy atom. The summed E-state index contributed by atoms with van der Waals surface area (Å²) < 4.78 is 5.50. The molecule has 0 spiro atoms. The van der Waals surface area contributed by atoms with Crippen LogP contribution in [-0.4, -0.2) is 66.1 Å². The Morgan fingerprint density at radius 1 is 1.24 bits per heavy atom. The van der Waals surface area contributed by atoms with Crippen molar-refractivity contribution in [2.24, 2.45) is 0 Å². The highest BCUT2D eigenvalue weighted by Gasteiger charge is 2.26. The number of rotatable bonds is 6. The number of pyridine rings is 1. The van der Waals surface area contributed by atoms with E-state index in [-0.39, 0.29) is 18.0 Å². The van der Waals surface area contributed by atoms with Gasteiger partial charge in [-0.1, -0.05) is 0 Å². The third-order valence-electron chi connectivity index (χ3n) is 4.89. The topological polar surface area (TPSA) is 57.7 Å². The summed E-state index contributed by atoms with van der Waals surface area (Å²) >= 11 is 0. The maximum Gasteiger partial charge on any atom is 0.237 e. The summed E-state index contributed by atoms with van der Waals surface area (Å²) in [5.41, 5.74) is 3.26. The first-order valence-corrected chi connectivity index (χ1v) is 9.09. The van der Waals surface area contributed by atoms with E-state index in [4.69, 9.17) is 4.74 Å². The molecule has 0 aliphatic carbocycles. The number of hydrogen-bond donors (Lipinski definition) is 1. The Bertz CT molecular complexity index is 595. The molecule has 140 valence electrons. The maximum absolute atomic E-state index is 12.2. The summed E-state index contributed by atoms with van der Waals surface area (Å²) in [6.45, 7) is 14.6. The van der Waals surface area contributed by atoms with Crippen LogP contribution < -0.4 is 10.1 Å². The summed E-state index contributed by atoms with van der Waals surface area (Å²) in [7, 11) is 1.71. The van der Waals surface area contributed by atoms with Gasteiger partial charge in [-0.15, -0.1) is 0 Å². The highest BCUT2D eigenvalue weighted by atomic mass is 16.5. The molecular formula is C19H32N4O2. The lowest BCUT2D eigenvalue weighted by Crippen LogP contribution is -2.54. The molecule has 1 saturated heterocycles. The molecular weight excluding hydrogens is 316 g/mol.